The minimum Gasteiger partial charge on any atom is -0.463 e. The van der Waals surface area contributed by atoms with Crippen molar-refractivity contribution in [2.24, 2.45) is 0 Å². The number of nitrogens with one attached hydrogen (secondary N) is 1. The first kappa shape index (κ1) is 33.1. The van der Waals surface area contributed by atoms with Crippen molar-refractivity contribution in [1.82, 2.24) is 20.1 Å². The average Bonchev–Trinajstić information content (AvgIpc) is 3.44. The number of ketones is 1. The smallest absolute Gasteiger partial charge is 0.336 e. The minimum atomic E-state index is -0.454. The fraction of sp³-hybridized carbons (Fsp3) is 0.500. The largest absolute Gasteiger partial charge is 0.463 e. The van der Waals surface area contributed by atoms with Crippen molar-refractivity contribution >= 4 is 44.7 Å². The molecular formula is C30H40BrFN4O4S. The summed E-state index contributed by atoms with van der Waals surface area (Å²) in [6.45, 7) is 13.3. The van der Waals surface area contributed by atoms with E-state index in [2.05, 4.69) is 37.7 Å². The van der Waals surface area contributed by atoms with Gasteiger partial charge >= 0.3 is 5.97 Å². The van der Waals surface area contributed by atoms with Crippen LogP contribution >= 0.6 is 27.3 Å². The van der Waals surface area contributed by atoms with E-state index in [0.29, 0.717) is 72.2 Å². The molecule has 0 bridgehead atoms. The Labute approximate surface area is 254 Å². The fourth-order valence-corrected chi connectivity index (χ4v) is 6.17. The van der Waals surface area contributed by atoms with E-state index in [4.69, 9.17) is 9.47 Å². The molecule has 1 fully saturated rings. The van der Waals surface area contributed by atoms with Gasteiger partial charge in [0, 0.05) is 60.3 Å². The van der Waals surface area contributed by atoms with Gasteiger partial charge in [-0.1, -0.05) is 42.4 Å². The second kappa shape index (κ2) is 16.3. The molecule has 2 atom stereocenters. The molecule has 0 radical (unpaired) electrons. The van der Waals surface area contributed by atoms with E-state index in [0.717, 1.165) is 12.0 Å². The monoisotopic (exact) mass is 650 g/mol. The molecule has 11 heteroatoms. The molecule has 224 valence electrons. The molecule has 2 heterocycles. The standard InChI is InChI=1S/C30H40BrFN4O4S/c1-6-8-23(37)16-35(5)17-24-18-36(12-13-40-24)19-27(34-21(4)29-33-11-14-41-29)28(30(38)39-7-2)20(3)25-10-9-22(32)15-26(25)31/h9-11,14-15,20,24,34H,4,6-8,12-13,16-19H2,1-3,5H3/b28-27+/t20-,24?/m0/s1. The highest BCUT2D eigenvalue weighted by Crippen LogP contribution is 2.33. The number of benzene rings is 1. The molecule has 1 N–H and O–H groups in total. The van der Waals surface area contributed by atoms with Crippen LogP contribution in [0.4, 0.5) is 4.39 Å². The van der Waals surface area contributed by atoms with Gasteiger partial charge in [-0.05, 0) is 38.1 Å². The molecule has 1 aromatic heterocycles. The van der Waals surface area contributed by atoms with Crippen LogP contribution < -0.4 is 5.32 Å². The van der Waals surface area contributed by atoms with Gasteiger partial charge in [0.05, 0.1) is 37.1 Å². The topological polar surface area (TPSA) is 84.0 Å². The highest BCUT2D eigenvalue weighted by atomic mass is 79.9. The van der Waals surface area contributed by atoms with E-state index < -0.39 is 11.9 Å². The summed E-state index contributed by atoms with van der Waals surface area (Å²) in [6, 6.07) is 4.46. The summed E-state index contributed by atoms with van der Waals surface area (Å²) in [6.07, 6.45) is 3.02. The number of hydrogen-bond acceptors (Lipinski definition) is 9. The highest BCUT2D eigenvalue weighted by molar-refractivity contribution is 9.10. The molecule has 1 aliphatic rings. The molecular weight excluding hydrogens is 611 g/mol. The Bertz CT molecular complexity index is 1220. The van der Waals surface area contributed by atoms with Gasteiger partial charge in [0.2, 0.25) is 0 Å². The van der Waals surface area contributed by atoms with Crippen LogP contribution in [0.5, 0.6) is 0 Å². The molecule has 1 aliphatic heterocycles. The van der Waals surface area contributed by atoms with E-state index in [-0.39, 0.29) is 24.3 Å². The SMILES string of the molecule is C=C(N/C(CN1CCOC(CN(C)CC(=O)CCC)C1)=C(/C(=O)OCC)[C@@H](C)c1ccc(F)cc1Br)c1nccs1. The Balaban J connectivity index is 1.93. The molecule has 1 unspecified atom stereocenters. The van der Waals surface area contributed by atoms with Crippen LogP contribution in [0.1, 0.15) is 50.1 Å². The summed E-state index contributed by atoms with van der Waals surface area (Å²) in [5.41, 5.74) is 2.40. The number of thiazole rings is 1. The number of nitrogens with zero attached hydrogens (tertiary/aromatic N) is 3. The fourth-order valence-electron chi connectivity index (χ4n) is 4.91. The first-order valence-electron chi connectivity index (χ1n) is 13.9. The molecule has 41 heavy (non-hydrogen) atoms. The lowest BCUT2D eigenvalue weighted by molar-refractivity contribution is -0.139. The second-order valence-electron chi connectivity index (χ2n) is 10.2. The zero-order valence-corrected chi connectivity index (χ0v) is 26.7. The molecule has 0 amide bonds. The van der Waals surface area contributed by atoms with Crippen molar-refractivity contribution in [2.45, 2.75) is 45.6 Å². The van der Waals surface area contributed by atoms with Gasteiger partial charge in [0.1, 0.15) is 16.6 Å². The molecule has 0 spiro atoms. The molecule has 8 nitrogen and oxygen atoms in total. The lowest BCUT2D eigenvalue weighted by atomic mass is 9.90. The predicted octanol–water partition coefficient (Wildman–Crippen LogP) is 5.23. The number of carbonyl (C=O) groups is 2. The number of Topliss-reactive ketones (excluding diaryl/α,β-unsaturated/α-hetero) is 1. The Hall–Kier alpha value is -2.44. The maximum absolute atomic E-state index is 13.9. The molecule has 3 rings (SSSR count). The van der Waals surface area contributed by atoms with Gasteiger partial charge in [0.15, 0.2) is 0 Å². The van der Waals surface area contributed by atoms with Crippen LogP contribution in [0.25, 0.3) is 5.70 Å². The summed E-state index contributed by atoms with van der Waals surface area (Å²) in [5, 5.41) is 5.96. The van der Waals surface area contributed by atoms with E-state index in [1.807, 2.05) is 31.2 Å². The van der Waals surface area contributed by atoms with Crippen molar-refractivity contribution in [3.63, 3.8) is 0 Å². The zero-order chi connectivity index (χ0) is 29.9. The van der Waals surface area contributed by atoms with Crippen molar-refractivity contribution in [3.8, 4) is 0 Å². The molecule has 1 aromatic carbocycles. The van der Waals surface area contributed by atoms with Crippen LogP contribution in [-0.4, -0.2) is 85.6 Å². The Morgan fingerprint density at radius 1 is 1.39 bits per heavy atom. The number of carbonyl (C=O) groups excluding carboxylic acids is 2. The van der Waals surface area contributed by atoms with Crippen LogP contribution in [0.2, 0.25) is 0 Å². The van der Waals surface area contributed by atoms with E-state index in [9.17, 15) is 14.0 Å². The Kier molecular flexibility index (Phi) is 13.1. The van der Waals surface area contributed by atoms with Crippen molar-refractivity contribution in [1.29, 1.82) is 0 Å². The first-order chi connectivity index (χ1) is 19.6. The summed E-state index contributed by atoms with van der Waals surface area (Å²) >= 11 is 4.92. The zero-order valence-electron chi connectivity index (χ0n) is 24.3. The number of hydrogen-bond donors (Lipinski definition) is 1. The normalized spacial score (nSPS) is 17.2. The van der Waals surface area contributed by atoms with E-state index in [1.54, 1.807) is 19.2 Å². The van der Waals surface area contributed by atoms with Gasteiger partial charge in [-0.3, -0.25) is 14.6 Å². The molecule has 0 saturated carbocycles. The number of likely N-dealkylation sites (N-methyl/N-ethyl adjacent to an activating group) is 1. The molecule has 0 aliphatic carbocycles. The second-order valence-corrected chi connectivity index (χ2v) is 11.9. The van der Waals surface area contributed by atoms with Crippen LogP contribution in [0.15, 0.2) is 52.1 Å². The van der Waals surface area contributed by atoms with Crippen molar-refractivity contribution < 1.29 is 23.5 Å². The van der Waals surface area contributed by atoms with Gasteiger partial charge in [0.25, 0.3) is 0 Å². The van der Waals surface area contributed by atoms with Crippen LogP contribution in [-0.2, 0) is 19.1 Å². The Morgan fingerprint density at radius 2 is 2.17 bits per heavy atom. The maximum atomic E-state index is 13.9. The highest BCUT2D eigenvalue weighted by Gasteiger charge is 2.30. The van der Waals surface area contributed by atoms with Crippen molar-refractivity contribution in [3.05, 3.63) is 68.5 Å². The summed E-state index contributed by atoms with van der Waals surface area (Å²) < 4.78 is 26.1. The lowest BCUT2D eigenvalue weighted by Gasteiger charge is -2.36. The third-order valence-electron chi connectivity index (χ3n) is 6.77. The third-order valence-corrected chi connectivity index (χ3v) is 8.29. The third kappa shape index (κ3) is 9.82. The van der Waals surface area contributed by atoms with Crippen LogP contribution in [0.3, 0.4) is 0 Å². The summed E-state index contributed by atoms with van der Waals surface area (Å²) in [7, 11) is 1.93. The number of ether oxygens (including phenoxy) is 2. The number of aromatic nitrogens is 1. The minimum absolute atomic E-state index is 0.0960. The van der Waals surface area contributed by atoms with Gasteiger partial charge in [-0.2, -0.15) is 0 Å². The maximum Gasteiger partial charge on any atom is 0.336 e. The number of halogens is 2. The number of morpholine rings is 1. The van der Waals surface area contributed by atoms with E-state index in [1.165, 1.54) is 23.5 Å². The number of rotatable bonds is 15. The van der Waals surface area contributed by atoms with Gasteiger partial charge < -0.3 is 14.8 Å². The van der Waals surface area contributed by atoms with Crippen LogP contribution in [0, 0.1) is 5.82 Å². The quantitative estimate of drug-likeness (QED) is 0.207. The first-order valence-corrected chi connectivity index (χ1v) is 15.5. The number of esters is 1. The summed E-state index contributed by atoms with van der Waals surface area (Å²) in [5.74, 6) is -1.03. The molecule has 1 saturated heterocycles. The molecule has 2 aromatic rings. The van der Waals surface area contributed by atoms with Gasteiger partial charge in [-0.25, -0.2) is 14.2 Å². The van der Waals surface area contributed by atoms with Crippen molar-refractivity contribution in [2.75, 3.05) is 53.0 Å². The average molecular weight is 652 g/mol. The van der Waals surface area contributed by atoms with E-state index >= 15 is 0 Å². The Morgan fingerprint density at radius 3 is 2.83 bits per heavy atom. The summed E-state index contributed by atoms with van der Waals surface area (Å²) in [4.78, 5) is 34.2. The van der Waals surface area contributed by atoms with Gasteiger partial charge in [-0.15, -0.1) is 11.3 Å². The lowest BCUT2D eigenvalue weighted by Crippen LogP contribution is -2.49. The predicted molar refractivity (Wildman–Crippen MR) is 164 cm³/mol.